The van der Waals surface area contributed by atoms with Crippen molar-refractivity contribution in [1.29, 1.82) is 0 Å². The summed E-state index contributed by atoms with van der Waals surface area (Å²) in [6.07, 6.45) is 1.34. The number of anilines is 2. The molecule has 0 amide bonds. The van der Waals surface area contributed by atoms with Crippen molar-refractivity contribution in [3.8, 4) is 0 Å². The van der Waals surface area contributed by atoms with Crippen LogP contribution in [-0.2, 0) is 32.9 Å². The van der Waals surface area contributed by atoms with Crippen molar-refractivity contribution in [1.82, 2.24) is 14.9 Å². The van der Waals surface area contributed by atoms with E-state index in [-0.39, 0.29) is 15.8 Å². The van der Waals surface area contributed by atoms with Crippen LogP contribution >= 0.6 is 0 Å². The predicted octanol–water partition coefficient (Wildman–Crippen LogP) is 6.88. The van der Waals surface area contributed by atoms with Crippen molar-refractivity contribution < 1.29 is 16.8 Å². The number of sulfonamides is 2. The van der Waals surface area contributed by atoms with Crippen LogP contribution in [0.2, 0.25) is 0 Å². The quantitative estimate of drug-likeness (QED) is 0.137. The first-order valence-corrected chi connectivity index (χ1v) is 18.7. The van der Waals surface area contributed by atoms with Crippen molar-refractivity contribution in [3.05, 3.63) is 133 Å². The maximum atomic E-state index is 13.0. The molecule has 4 aromatic carbocycles. The molecule has 0 unspecified atom stereocenters. The average molecular weight is 680 g/mol. The standard InChI is InChI=1S/C37H37N5O4S2/c1-27(2)42(25-23-30-21-19-28-11-9-17-34(36(28)38-30)40-47(43,44)32-13-5-3-6-14-32)26-24-31-22-20-29-12-10-18-35(37(29)39-31)41-48(45,46)33-15-7-4-8-16-33/h3-22,27,40-41H,23-26H2,1-2H3. The largest absolute Gasteiger partial charge is 0.300 e. The van der Waals surface area contributed by atoms with Gasteiger partial charge in [0.1, 0.15) is 0 Å². The number of para-hydroxylation sites is 2. The van der Waals surface area contributed by atoms with Crippen molar-refractivity contribution in [2.45, 2.75) is 42.5 Å². The third-order valence-electron chi connectivity index (χ3n) is 8.19. The Morgan fingerprint density at radius 1 is 0.542 bits per heavy atom. The molecule has 0 fully saturated rings. The third kappa shape index (κ3) is 7.65. The van der Waals surface area contributed by atoms with Crippen molar-refractivity contribution >= 4 is 53.2 Å². The second-order valence-corrected chi connectivity index (χ2v) is 15.2. The minimum Gasteiger partial charge on any atom is -0.300 e. The highest BCUT2D eigenvalue weighted by molar-refractivity contribution is 7.93. The van der Waals surface area contributed by atoms with Crippen molar-refractivity contribution in [3.63, 3.8) is 0 Å². The highest BCUT2D eigenvalue weighted by atomic mass is 32.2. The van der Waals surface area contributed by atoms with E-state index in [4.69, 9.17) is 9.97 Å². The van der Waals surface area contributed by atoms with E-state index in [2.05, 4.69) is 28.2 Å². The summed E-state index contributed by atoms with van der Waals surface area (Å²) in [4.78, 5) is 12.5. The number of fused-ring (bicyclic) bond motifs is 2. The fourth-order valence-electron chi connectivity index (χ4n) is 5.57. The van der Waals surface area contributed by atoms with Gasteiger partial charge in [-0.1, -0.05) is 72.8 Å². The number of nitrogens with one attached hydrogen (secondary N) is 2. The summed E-state index contributed by atoms with van der Waals surface area (Å²) in [6, 6.07) is 35.7. The van der Waals surface area contributed by atoms with Gasteiger partial charge in [-0.05, 0) is 62.4 Å². The van der Waals surface area contributed by atoms with Gasteiger partial charge >= 0.3 is 0 Å². The van der Waals surface area contributed by atoms with Crippen LogP contribution in [0.4, 0.5) is 11.4 Å². The molecule has 0 spiro atoms. The van der Waals surface area contributed by atoms with Crippen LogP contribution in [0, 0.1) is 0 Å². The lowest BCUT2D eigenvalue weighted by molar-refractivity contribution is 0.226. The molecule has 2 aromatic heterocycles. The van der Waals surface area contributed by atoms with E-state index in [1.807, 2.05) is 48.5 Å². The Morgan fingerprint density at radius 2 is 0.958 bits per heavy atom. The molecule has 11 heteroatoms. The van der Waals surface area contributed by atoms with Gasteiger partial charge in [0.25, 0.3) is 20.0 Å². The van der Waals surface area contributed by atoms with E-state index in [1.54, 1.807) is 72.8 Å². The molecule has 246 valence electrons. The van der Waals surface area contributed by atoms with Gasteiger partial charge in [-0.2, -0.15) is 0 Å². The average Bonchev–Trinajstić information content (AvgIpc) is 3.09. The second-order valence-electron chi connectivity index (χ2n) is 11.8. The molecule has 0 radical (unpaired) electrons. The van der Waals surface area contributed by atoms with Gasteiger partial charge in [0.15, 0.2) is 0 Å². The fraction of sp³-hybridized carbons (Fsp3) is 0.189. The lowest BCUT2D eigenvalue weighted by Crippen LogP contribution is -2.34. The number of hydrogen-bond donors (Lipinski definition) is 2. The molecule has 0 saturated carbocycles. The highest BCUT2D eigenvalue weighted by Gasteiger charge is 2.18. The number of hydrogen-bond acceptors (Lipinski definition) is 7. The smallest absolute Gasteiger partial charge is 0.261 e. The zero-order chi connectivity index (χ0) is 33.7. The van der Waals surface area contributed by atoms with E-state index >= 15 is 0 Å². The molecule has 0 atom stereocenters. The van der Waals surface area contributed by atoms with Gasteiger partial charge in [-0.3, -0.25) is 19.4 Å². The summed E-state index contributed by atoms with van der Waals surface area (Å²) in [5.41, 5.74) is 3.80. The molecule has 9 nitrogen and oxygen atoms in total. The monoisotopic (exact) mass is 679 g/mol. The lowest BCUT2D eigenvalue weighted by atomic mass is 10.1. The minimum absolute atomic E-state index is 0.191. The SMILES string of the molecule is CC(C)N(CCc1ccc2cccc(NS(=O)(=O)c3ccccc3)c2n1)CCc1ccc2cccc(NS(=O)(=O)c3ccccc3)c2n1. The number of nitrogens with zero attached hydrogens (tertiary/aromatic N) is 3. The summed E-state index contributed by atoms with van der Waals surface area (Å²) in [5.74, 6) is 0. The van der Waals surface area contributed by atoms with Gasteiger partial charge in [0.2, 0.25) is 0 Å². The van der Waals surface area contributed by atoms with E-state index < -0.39 is 20.0 Å². The lowest BCUT2D eigenvalue weighted by Gasteiger charge is -2.26. The second kappa shape index (κ2) is 14.1. The molecule has 2 heterocycles. The molecule has 0 bridgehead atoms. The number of aromatic nitrogens is 2. The zero-order valence-corrected chi connectivity index (χ0v) is 28.4. The topological polar surface area (TPSA) is 121 Å². The van der Waals surface area contributed by atoms with Gasteiger partial charge < -0.3 is 4.90 Å². The summed E-state index contributed by atoms with van der Waals surface area (Å²) in [5, 5.41) is 1.70. The molecular formula is C37H37N5O4S2. The molecule has 0 saturated heterocycles. The van der Waals surface area contributed by atoms with E-state index in [0.717, 1.165) is 35.2 Å². The summed E-state index contributed by atoms with van der Waals surface area (Å²) in [6.45, 7) is 5.77. The minimum atomic E-state index is -3.76. The van der Waals surface area contributed by atoms with Gasteiger partial charge in [0, 0.05) is 54.1 Å². The summed E-state index contributed by atoms with van der Waals surface area (Å²) in [7, 11) is -7.53. The Labute approximate surface area is 281 Å². The molecule has 0 aliphatic carbocycles. The van der Waals surface area contributed by atoms with Crippen LogP contribution in [0.25, 0.3) is 21.8 Å². The van der Waals surface area contributed by atoms with Crippen LogP contribution < -0.4 is 9.44 Å². The van der Waals surface area contributed by atoms with Gasteiger partial charge in [-0.15, -0.1) is 0 Å². The van der Waals surface area contributed by atoms with Gasteiger partial charge in [0.05, 0.1) is 32.2 Å². The molecule has 0 aliphatic rings. The van der Waals surface area contributed by atoms with Crippen LogP contribution in [0.5, 0.6) is 0 Å². The Kier molecular flexibility index (Phi) is 9.72. The van der Waals surface area contributed by atoms with Crippen molar-refractivity contribution in [2.75, 3.05) is 22.5 Å². The Bertz CT molecular complexity index is 2110. The third-order valence-corrected chi connectivity index (χ3v) is 11.0. The Balaban J connectivity index is 1.16. The van der Waals surface area contributed by atoms with Crippen LogP contribution in [0.15, 0.2) is 131 Å². The molecular weight excluding hydrogens is 643 g/mol. The van der Waals surface area contributed by atoms with E-state index in [1.165, 1.54) is 0 Å². The number of benzene rings is 4. The molecule has 2 N–H and O–H groups in total. The fourth-order valence-corrected chi connectivity index (χ4v) is 7.74. The van der Waals surface area contributed by atoms with Gasteiger partial charge in [-0.25, -0.2) is 16.8 Å². The summed E-state index contributed by atoms with van der Waals surface area (Å²) >= 11 is 0. The molecule has 6 aromatic rings. The van der Waals surface area contributed by atoms with Crippen LogP contribution in [0.3, 0.4) is 0 Å². The Hall–Kier alpha value is -4.84. The molecule has 48 heavy (non-hydrogen) atoms. The maximum absolute atomic E-state index is 13.0. The van der Waals surface area contributed by atoms with Crippen LogP contribution in [0.1, 0.15) is 25.2 Å². The van der Waals surface area contributed by atoms with E-state index in [9.17, 15) is 16.8 Å². The number of rotatable bonds is 13. The number of pyridine rings is 2. The van der Waals surface area contributed by atoms with E-state index in [0.29, 0.717) is 35.2 Å². The normalized spacial score (nSPS) is 12.2. The summed E-state index contributed by atoms with van der Waals surface area (Å²) < 4.78 is 57.6. The first kappa shape index (κ1) is 33.1. The Morgan fingerprint density at radius 3 is 1.35 bits per heavy atom. The molecule has 0 aliphatic heterocycles. The first-order valence-electron chi connectivity index (χ1n) is 15.8. The highest BCUT2D eigenvalue weighted by Crippen LogP contribution is 2.26. The van der Waals surface area contributed by atoms with Crippen molar-refractivity contribution in [2.24, 2.45) is 0 Å². The van der Waals surface area contributed by atoms with Crippen LogP contribution in [-0.4, -0.2) is 50.8 Å². The first-order chi connectivity index (χ1) is 23.1. The maximum Gasteiger partial charge on any atom is 0.261 e. The molecule has 6 rings (SSSR count). The predicted molar refractivity (Wildman–Crippen MR) is 192 cm³/mol. The zero-order valence-electron chi connectivity index (χ0n) is 26.7.